The zero-order valence-corrected chi connectivity index (χ0v) is 15.0. The van der Waals surface area contributed by atoms with Gasteiger partial charge in [-0.2, -0.15) is 0 Å². The van der Waals surface area contributed by atoms with E-state index in [1.54, 1.807) is 18.2 Å². The first-order valence-corrected chi connectivity index (χ1v) is 9.06. The molecule has 0 bridgehead atoms. The number of hydrogen-bond donors (Lipinski definition) is 1. The van der Waals surface area contributed by atoms with E-state index in [-0.39, 0.29) is 12.5 Å². The van der Waals surface area contributed by atoms with E-state index in [2.05, 4.69) is 0 Å². The lowest BCUT2D eigenvalue weighted by Crippen LogP contribution is -2.49. The number of ether oxygens (including phenoxy) is 2. The number of benzene rings is 2. The number of piperidine rings is 1. The molecule has 142 valence electrons. The van der Waals surface area contributed by atoms with Crippen molar-refractivity contribution >= 4 is 11.9 Å². The molecule has 0 radical (unpaired) electrons. The first-order chi connectivity index (χ1) is 13.1. The molecule has 1 aliphatic heterocycles. The molecule has 1 fully saturated rings. The van der Waals surface area contributed by atoms with Gasteiger partial charge in [-0.25, -0.2) is 4.79 Å². The molecule has 1 amide bonds. The second-order valence-corrected chi connectivity index (χ2v) is 6.45. The van der Waals surface area contributed by atoms with Crippen LogP contribution in [0, 0.1) is 0 Å². The molecule has 1 N–H and O–H groups in total. The number of carbonyl (C=O) groups excluding carboxylic acids is 1. The molecule has 3 rings (SSSR count). The molecule has 27 heavy (non-hydrogen) atoms. The first kappa shape index (κ1) is 18.8. The second kappa shape index (κ2) is 9.07. The maximum atomic E-state index is 12.5. The Labute approximate surface area is 158 Å². The Kier molecular flexibility index (Phi) is 6.30. The summed E-state index contributed by atoms with van der Waals surface area (Å²) in [5.41, 5.74) is 1.03. The number of hydrogen-bond acceptors (Lipinski definition) is 4. The number of nitrogens with zero attached hydrogens (tertiary/aromatic N) is 1. The van der Waals surface area contributed by atoms with Crippen molar-refractivity contribution in [3.63, 3.8) is 0 Å². The Balaban J connectivity index is 1.60. The molecular weight excluding hydrogens is 346 g/mol. The Morgan fingerprint density at radius 1 is 0.963 bits per heavy atom. The van der Waals surface area contributed by atoms with E-state index in [0.29, 0.717) is 31.1 Å². The SMILES string of the molecule is O=C(O)C1CCCCN1C(=O)COc1ccccc1OCc1ccccc1. The van der Waals surface area contributed by atoms with Crippen LogP contribution in [0.25, 0.3) is 0 Å². The third kappa shape index (κ3) is 5.00. The summed E-state index contributed by atoms with van der Waals surface area (Å²) in [6.45, 7) is 0.628. The van der Waals surface area contributed by atoms with Crippen LogP contribution >= 0.6 is 0 Å². The highest BCUT2D eigenvalue weighted by Crippen LogP contribution is 2.27. The number of carbonyl (C=O) groups is 2. The minimum atomic E-state index is -0.963. The summed E-state index contributed by atoms with van der Waals surface area (Å²) >= 11 is 0. The predicted molar refractivity (Wildman–Crippen MR) is 99.7 cm³/mol. The molecular formula is C21H23NO5. The van der Waals surface area contributed by atoms with Gasteiger partial charge in [0.2, 0.25) is 0 Å². The quantitative estimate of drug-likeness (QED) is 0.812. The lowest BCUT2D eigenvalue weighted by molar-refractivity contribution is -0.152. The number of amides is 1. The Bertz CT molecular complexity index is 777. The standard InChI is InChI=1S/C21H23NO5/c23-20(22-13-7-6-10-17(22)21(24)25)15-27-19-12-5-4-11-18(19)26-14-16-8-2-1-3-9-16/h1-5,8-9,11-12,17H,6-7,10,13-15H2,(H,24,25). The van der Waals surface area contributed by atoms with Gasteiger partial charge in [-0.1, -0.05) is 42.5 Å². The van der Waals surface area contributed by atoms with Crippen molar-refractivity contribution in [2.75, 3.05) is 13.2 Å². The van der Waals surface area contributed by atoms with Crippen molar-refractivity contribution in [1.29, 1.82) is 0 Å². The van der Waals surface area contributed by atoms with Crippen molar-refractivity contribution in [2.24, 2.45) is 0 Å². The number of rotatable bonds is 7. The zero-order valence-electron chi connectivity index (χ0n) is 15.0. The first-order valence-electron chi connectivity index (χ1n) is 9.06. The van der Waals surface area contributed by atoms with Crippen molar-refractivity contribution in [1.82, 2.24) is 4.90 Å². The predicted octanol–water partition coefficient (Wildman–Crippen LogP) is 3.11. The number of aliphatic carboxylic acids is 1. The summed E-state index contributed by atoms with van der Waals surface area (Å²) in [6, 6.07) is 16.1. The van der Waals surface area contributed by atoms with Crippen LogP contribution in [0.2, 0.25) is 0 Å². The van der Waals surface area contributed by atoms with Gasteiger partial charge >= 0.3 is 5.97 Å². The molecule has 1 unspecified atom stereocenters. The second-order valence-electron chi connectivity index (χ2n) is 6.45. The molecule has 0 saturated carbocycles. The minimum absolute atomic E-state index is 0.213. The third-order valence-corrected chi connectivity index (χ3v) is 4.55. The Morgan fingerprint density at radius 3 is 2.33 bits per heavy atom. The van der Waals surface area contributed by atoms with E-state index in [1.807, 2.05) is 36.4 Å². The fourth-order valence-electron chi connectivity index (χ4n) is 3.13. The maximum absolute atomic E-state index is 12.5. The van der Waals surface area contributed by atoms with E-state index >= 15 is 0 Å². The van der Waals surface area contributed by atoms with Crippen molar-refractivity contribution in [2.45, 2.75) is 31.9 Å². The molecule has 1 aliphatic rings. The molecule has 1 heterocycles. The summed E-state index contributed by atoms with van der Waals surface area (Å²) in [5.74, 6) is -0.275. The van der Waals surface area contributed by atoms with Crippen molar-refractivity contribution in [3.05, 3.63) is 60.2 Å². The maximum Gasteiger partial charge on any atom is 0.326 e. The number of para-hydroxylation sites is 2. The molecule has 1 saturated heterocycles. The number of likely N-dealkylation sites (tertiary alicyclic amines) is 1. The van der Waals surface area contributed by atoms with Crippen LogP contribution in [0.4, 0.5) is 0 Å². The van der Waals surface area contributed by atoms with Crippen LogP contribution in [-0.4, -0.2) is 41.1 Å². The van der Waals surface area contributed by atoms with Gasteiger partial charge in [0, 0.05) is 6.54 Å². The van der Waals surface area contributed by atoms with Crippen LogP contribution in [0.1, 0.15) is 24.8 Å². The van der Waals surface area contributed by atoms with Crippen molar-refractivity contribution < 1.29 is 24.2 Å². The number of carboxylic acid groups (broad SMARTS) is 1. The van der Waals surface area contributed by atoms with Crippen LogP contribution < -0.4 is 9.47 Å². The summed E-state index contributed by atoms with van der Waals surface area (Å²) in [6.07, 6.45) is 2.11. The van der Waals surface area contributed by atoms with Gasteiger partial charge in [-0.3, -0.25) is 4.79 Å². The van der Waals surface area contributed by atoms with Gasteiger partial charge < -0.3 is 19.5 Å². The van der Waals surface area contributed by atoms with Gasteiger partial charge in [-0.15, -0.1) is 0 Å². The highest BCUT2D eigenvalue weighted by molar-refractivity contribution is 5.84. The molecule has 0 aliphatic carbocycles. The molecule has 2 aromatic rings. The van der Waals surface area contributed by atoms with E-state index < -0.39 is 12.0 Å². The summed E-state index contributed by atoms with van der Waals surface area (Å²) in [5, 5.41) is 9.31. The Hall–Kier alpha value is -3.02. The fourth-order valence-corrected chi connectivity index (χ4v) is 3.13. The molecule has 6 nitrogen and oxygen atoms in total. The third-order valence-electron chi connectivity index (χ3n) is 4.55. The van der Waals surface area contributed by atoms with Crippen LogP contribution in [0.5, 0.6) is 11.5 Å². The van der Waals surface area contributed by atoms with Crippen LogP contribution in [0.3, 0.4) is 0 Å². The summed E-state index contributed by atoms with van der Waals surface area (Å²) < 4.78 is 11.5. The van der Waals surface area contributed by atoms with Crippen LogP contribution in [0.15, 0.2) is 54.6 Å². The zero-order chi connectivity index (χ0) is 19.1. The van der Waals surface area contributed by atoms with Crippen molar-refractivity contribution in [3.8, 4) is 11.5 Å². The summed E-state index contributed by atoms with van der Waals surface area (Å²) in [4.78, 5) is 25.2. The van der Waals surface area contributed by atoms with E-state index in [1.165, 1.54) is 4.90 Å². The fraction of sp³-hybridized carbons (Fsp3) is 0.333. The average Bonchev–Trinajstić information content (AvgIpc) is 2.71. The average molecular weight is 369 g/mol. The van der Waals surface area contributed by atoms with E-state index in [4.69, 9.17) is 9.47 Å². The highest BCUT2D eigenvalue weighted by atomic mass is 16.5. The van der Waals surface area contributed by atoms with Gasteiger partial charge in [0.1, 0.15) is 12.6 Å². The molecule has 0 aromatic heterocycles. The van der Waals surface area contributed by atoms with Crippen LogP contribution in [-0.2, 0) is 16.2 Å². The largest absolute Gasteiger partial charge is 0.485 e. The van der Waals surface area contributed by atoms with Gasteiger partial charge in [0.15, 0.2) is 18.1 Å². The number of carboxylic acids is 1. The highest BCUT2D eigenvalue weighted by Gasteiger charge is 2.32. The van der Waals surface area contributed by atoms with Gasteiger partial charge in [0.05, 0.1) is 0 Å². The minimum Gasteiger partial charge on any atom is -0.485 e. The smallest absolute Gasteiger partial charge is 0.326 e. The van der Waals surface area contributed by atoms with E-state index in [9.17, 15) is 14.7 Å². The van der Waals surface area contributed by atoms with E-state index in [0.717, 1.165) is 18.4 Å². The molecule has 0 spiro atoms. The normalized spacial score (nSPS) is 16.6. The monoisotopic (exact) mass is 369 g/mol. The topological polar surface area (TPSA) is 76.1 Å². The Morgan fingerprint density at radius 2 is 1.63 bits per heavy atom. The molecule has 6 heteroatoms. The lowest BCUT2D eigenvalue weighted by atomic mass is 10.0. The summed E-state index contributed by atoms with van der Waals surface area (Å²) in [7, 11) is 0. The molecule has 2 aromatic carbocycles. The molecule has 1 atom stereocenters. The lowest BCUT2D eigenvalue weighted by Gasteiger charge is -2.32. The van der Waals surface area contributed by atoms with Gasteiger partial charge in [-0.05, 0) is 37.0 Å². The van der Waals surface area contributed by atoms with Gasteiger partial charge in [0.25, 0.3) is 5.91 Å².